The summed E-state index contributed by atoms with van der Waals surface area (Å²) < 4.78 is 4.90. The monoisotopic (exact) mass is 364 g/mol. The lowest BCUT2D eigenvalue weighted by Crippen LogP contribution is -2.02. The van der Waals surface area contributed by atoms with Crippen LogP contribution in [0.15, 0.2) is 12.7 Å². The average Bonchev–Trinajstić information content (AvgIpc) is 2.54. The molecule has 0 heterocycles. The number of carbonyl (C=O) groups is 1. The van der Waals surface area contributed by atoms with Crippen LogP contribution in [0.25, 0.3) is 0 Å². The topological polar surface area (TPSA) is 26.3 Å². The molecule has 0 aromatic heterocycles. The molecule has 0 N–H and O–H groups in total. The van der Waals surface area contributed by atoms with Crippen molar-refractivity contribution in [3.63, 3.8) is 0 Å². The molecule has 0 aliphatic carbocycles. The first kappa shape index (κ1) is 22.3. The van der Waals surface area contributed by atoms with E-state index in [1.807, 2.05) is 20.6 Å². The quantitative estimate of drug-likeness (QED) is 0.124. The first-order valence-corrected chi connectivity index (χ1v) is 12.3. The zero-order chi connectivity index (χ0) is 16.3. The molecular formula is C17H32O2S3. The van der Waals surface area contributed by atoms with Gasteiger partial charge in [-0.3, -0.25) is 0 Å². The Morgan fingerprint density at radius 1 is 0.909 bits per heavy atom. The number of esters is 1. The van der Waals surface area contributed by atoms with Gasteiger partial charge in [-0.1, -0.05) is 92.9 Å². The van der Waals surface area contributed by atoms with E-state index in [-0.39, 0.29) is 5.97 Å². The smallest absolute Gasteiger partial charge is 0.330 e. The van der Waals surface area contributed by atoms with Crippen LogP contribution in [0.3, 0.4) is 0 Å². The van der Waals surface area contributed by atoms with Gasteiger partial charge in [0.05, 0.1) is 0 Å². The third-order valence-electron chi connectivity index (χ3n) is 3.26. The Kier molecular flexibility index (Phi) is 19.5. The molecule has 0 rings (SSSR count). The van der Waals surface area contributed by atoms with Crippen LogP contribution in [0.1, 0.15) is 71.1 Å². The van der Waals surface area contributed by atoms with Crippen molar-refractivity contribution in [2.24, 2.45) is 0 Å². The Morgan fingerprint density at radius 3 is 2.05 bits per heavy atom. The summed E-state index contributed by atoms with van der Waals surface area (Å²) in [6.45, 7) is 6.11. The molecule has 2 nitrogen and oxygen atoms in total. The number of ether oxygens (including phenoxy) is 1. The van der Waals surface area contributed by atoms with Crippen molar-refractivity contribution in [3.8, 4) is 0 Å². The molecule has 0 unspecified atom stereocenters. The highest BCUT2D eigenvalue weighted by Gasteiger charge is 1.97. The lowest BCUT2D eigenvalue weighted by molar-refractivity contribution is -0.137. The van der Waals surface area contributed by atoms with E-state index in [1.165, 1.54) is 76.0 Å². The van der Waals surface area contributed by atoms with Gasteiger partial charge in [0.1, 0.15) is 6.61 Å². The van der Waals surface area contributed by atoms with Crippen LogP contribution in [0.4, 0.5) is 0 Å². The SMILES string of the molecule is C=CC(=O)OCCSSSCCCCCCCCCCCC. The van der Waals surface area contributed by atoms with Crippen LogP contribution >= 0.6 is 31.4 Å². The van der Waals surface area contributed by atoms with Gasteiger partial charge in [0.25, 0.3) is 0 Å². The minimum Gasteiger partial charge on any atom is -0.462 e. The van der Waals surface area contributed by atoms with Crippen molar-refractivity contribution in [1.82, 2.24) is 0 Å². The minimum atomic E-state index is -0.330. The number of hydrogen-bond donors (Lipinski definition) is 0. The maximum Gasteiger partial charge on any atom is 0.330 e. The van der Waals surface area contributed by atoms with Gasteiger partial charge < -0.3 is 4.74 Å². The van der Waals surface area contributed by atoms with E-state index in [0.717, 1.165) is 5.75 Å². The van der Waals surface area contributed by atoms with Gasteiger partial charge in [0, 0.05) is 17.6 Å². The summed E-state index contributed by atoms with van der Waals surface area (Å²) >= 11 is 0. The number of hydrogen-bond acceptors (Lipinski definition) is 5. The maximum absolute atomic E-state index is 10.8. The summed E-state index contributed by atoms with van der Waals surface area (Å²) in [4.78, 5) is 10.8. The van der Waals surface area contributed by atoms with E-state index < -0.39 is 0 Å². The van der Waals surface area contributed by atoms with Crippen LogP contribution in [-0.4, -0.2) is 24.1 Å². The zero-order valence-corrected chi connectivity index (χ0v) is 16.5. The van der Waals surface area contributed by atoms with Gasteiger partial charge in [-0.2, -0.15) is 0 Å². The van der Waals surface area contributed by atoms with Crippen molar-refractivity contribution < 1.29 is 9.53 Å². The second kappa shape index (κ2) is 19.3. The molecule has 130 valence electrons. The third-order valence-corrected chi connectivity index (χ3v) is 7.55. The fourth-order valence-electron chi connectivity index (χ4n) is 1.99. The summed E-state index contributed by atoms with van der Waals surface area (Å²) in [5.41, 5.74) is 0. The van der Waals surface area contributed by atoms with Gasteiger partial charge in [-0.05, 0) is 16.2 Å². The lowest BCUT2D eigenvalue weighted by atomic mass is 10.1. The molecule has 0 atom stereocenters. The first-order valence-electron chi connectivity index (χ1n) is 8.51. The molecular weight excluding hydrogens is 332 g/mol. The van der Waals surface area contributed by atoms with E-state index >= 15 is 0 Å². The van der Waals surface area contributed by atoms with Gasteiger partial charge in [-0.15, -0.1) is 0 Å². The zero-order valence-electron chi connectivity index (χ0n) is 14.0. The molecule has 5 heteroatoms. The normalized spacial score (nSPS) is 10.6. The summed E-state index contributed by atoms with van der Waals surface area (Å²) in [5, 5.41) is 0. The summed E-state index contributed by atoms with van der Waals surface area (Å²) in [6, 6.07) is 0. The highest BCUT2D eigenvalue weighted by atomic mass is 33.5. The fraction of sp³-hybridized carbons (Fsp3) is 0.824. The third kappa shape index (κ3) is 18.3. The molecule has 0 saturated heterocycles. The van der Waals surface area contributed by atoms with Gasteiger partial charge >= 0.3 is 5.97 Å². The average molecular weight is 365 g/mol. The van der Waals surface area contributed by atoms with E-state index in [9.17, 15) is 4.79 Å². The molecule has 0 aromatic carbocycles. The molecule has 0 amide bonds. The van der Waals surface area contributed by atoms with Crippen LogP contribution in [-0.2, 0) is 9.53 Å². The molecule has 0 spiro atoms. The van der Waals surface area contributed by atoms with E-state index in [2.05, 4.69) is 13.5 Å². The minimum absolute atomic E-state index is 0.330. The van der Waals surface area contributed by atoms with Gasteiger partial charge in [0.2, 0.25) is 0 Å². The second-order valence-electron chi connectivity index (χ2n) is 5.27. The van der Waals surface area contributed by atoms with Gasteiger partial charge in [-0.25, -0.2) is 4.79 Å². The standard InChI is InChI=1S/C17H32O2S3/c1-3-5-6-7-8-9-10-11-12-13-15-20-22-21-16-14-19-17(18)4-2/h4H,2-3,5-16H2,1H3. The molecule has 0 aliphatic rings. The fourth-order valence-corrected chi connectivity index (χ4v) is 5.67. The van der Waals surface area contributed by atoms with Crippen molar-refractivity contribution in [1.29, 1.82) is 0 Å². The maximum atomic E-state index is 10.8. The Labute approximate surface area is 148 Å². The summed E-state index contributed by atoms with van der Waals surface area (Å²) in [6.07, 6.45) is 15.1. The highest BCUT2D eigenvalue weighted by molar-refractivity contribution is 9.09. The molecule has 0 aliphatic heterocycles. The van der Waals surface area contributed by atoms with Crippen LogP contribution in [0, 0.1) is 0 Å². The largest absolute Gasteiger partial charge is 0.462 e. The molecule has 0 radical (unpaired) electrons. The summed E-state index contributed by atoms with van der Waals surface area (Å²) in [7, 11) is 5.48. The van der Waals surface area contributed by atoms with Crippen molar-refractivity contribution >= 4 is 37.4 Å². The van der Waals surface area contributed by atoms with E-state index in [4.69, 9.17) is 4.74 Å². The molecule has 0 aromatic rings. The highest BCUT2D eigenvalue weighted by Crippen LogP contribution is 2.34. The first-order chi connectivity index (χ1) is 10.8. The molecule has 22 heavy (non-hydrogen) atoms. The van der Waals surface area contributed by atoms with Crippen LogP contribution in [0.2, 0.25) is 0 Å². The number of rotatable bonds is 17. The van der Waals surface area contributed by atoms with Crippen molar-refractivity contribution in [2.45, 2.75) is 71.1 Å². The molecule has 0 bridgehead atoms. The predicted molar refractivity (Wildman–Crippen MR) is 106 cm³/mol. The van der Waals surface area contributed by atoms with E-state index in [0.29, 0.717) is 6.61 Å². The van der Waals surface area contributed by atoms with Crippen LogP contribution in [0.5, 0.6) is 0 Å². The van der Waals surface area contributed by atoms with Gasteiger partial charge in [0.15, 0.2) is 0 Å². The Hall–Kier alpha value is 0.260. The number of carbonyl (C=O) groups excluding carboxylic acids is 1. The van der Waals surface area contributed by atoms with Crippen molar-refractivity contribution in [2.75, 3.05) is 18.1 Å². The lowest BCUT2D eigenvalue weighted by Gasteiger charge is -2.03. The molecule has 0 fully saturated rings. The Balaban J connectivity index is 2.99. The predicted octanol–water partition coefficient (Wildman–Crippen LogP) is 6.67. The Bertz CT molecular complexity index is 260. The number of unbranched alkanes of at least 4 members (excludes halogenated alkanes) is 9. The van der Waals surface area contributed by atoms with Crippen molar-refractivity contribution in [3.05, 3.63) is 12.7 Å². The van der Waals surface area contributed by atoms with E-state index in [1.54, 1.807) is 10.8 Å². The van der Waals surface area contributed by atoms with Crippen LogP contribution < -0.4 is 0 Å². The summed E-state index contributed by atoms with van der Waals surface area (Å²) in [5.74, 6) is 1.74. The Morgan fingerprint density at radius 2 is 1.45 bits per heavy atom. The molecule has 0 saturated carbocycles. The second-order valence-corrected chi connectivity index (χ2v) is 9.74.